The average molecular weight is 573 g/mol. The third-order valence-corrected chi connectivity index (χ3v) is 6.12. The van der Waals surface area contributed by atoms with Crippen LogP contribution in [0.1, 0.15) is 10.4 Å². The fraction of sp³-hybridized carbons (Fsp3) is 0. The van der Waals surface area contributed by atoms with E-state index in [0.29, 0.717) is 43.7 Å². The number of fused-ring (bicyclic) bond motifs is 1. The highest BCUT2D eigenvalue weighted by Crippen LogP contribution is 2.29. The maximum atomic E-state index is 13.0. The van der Waals surface area contributed by atoms with E-state index in [1.54, 1.807) is 29.1 Å². The van der Waals surface area contributed by atoms with Gasteiger partial charge in [-0.05, 0) is 68.3 Å². The van der Waals surface area contributed by atoms with Crippen LogP contribution in [0.25, 0.3) is 28.4 Å². The quantitative estimate of drug-likeness (QED) is 0.267. The van der Waals surface area contributed by atoms with Crippen LogP contribution >= 0.6 is 43.5 Å². The summed E-state index contributed by atoms with van der Waals surface area (Å²) in [5.41, 5.74) is 3.03. The first kappa shape index (κ1) is 20.9. The molecule has 2 N–H and O–H groups in total. The summed E-state index contributed by atoms with van der Waals surface area (Å²) in [6.07, 6.45) is 1.64. The third kappa shape index (κ3) is 3.83. The lowest BCUT2D eigenvalue weighted by atomic mass is 10.1. The van der Waals surface area contributed by atoms with E-state index in [4.69, 9.17) is 16.6 Å². The maximum absolute atomic E-state index is 13.0. The number of carbonyl (C=O) groups is 1. The predicted octanol–water partition coefficient (Wildman–Crippen LogP) is 6.24. The summed E-state index contributed by atoms with van der Waals surface area (Å²) in [5, 5.41) is 7.83. The lowest BCUT2D eigenvalue weighted by Crippen LogP contribution is -2.12. The molecule has 3 aromatic heterocycles. The Morgan fingerprint density at radius 1 is 1.06 bits per heavy atom. The standard InChI is InChI=1S/C22H13Br2ClN6O/c23-13-6-1-2-8-15(13)28-22(32)12-5-3-9-16-19(12)29-20(27-16)17-11-18(24)30-31(17)21-14(25)7-4-10-26-21/h1-11H,(H,27,29)(H,28,32). The zero-order valence-corrected chi connectivity index (χ0v) is 20.1. The van der Waals surface area contributed by atoms with Crippen molar-refractivity contribution >= 4 is 66.1 Å². The molecule has 158 valence electrons. The first-order chi connectivity index (χ1) is 15.5. The molecule has 32 heavy (non-hydrogen) atoms. The number of pyridine rings is 1. The van der Waals surface area contributed by atoms with Crippen LogP contribution in [0.3, 0.4) is 0 Å². The van der Waals surface area contributed by atoms with Crippen molar-refractivity contribution in [3.05, 3.63) is 86.5 Å². The summed E-state index contributed by atoms with van der Waals surface area (Å²) in [6, 6.07) is 18.1. The average Bonchev–Trinajstić information content (AvgIpc) is 3.38. The molecule has 5 aromatic rings. The molecule has 0 aliphatic carbocycles. The molecule has 0 unspecified atom stereocenters. The fourth-order valence-corrected chi connectivity index (χ4v) is 4.27. The highest BCUT2D eigenvalue weighted by atomic mass is 79.9. The van der Waals surface area contributed by atoms with Crippen molar-refractivity contribution in [2.45, 2.75) is 0 Å². The van der Waals surface area contributed by atoms with Crippen LogP contribution < -0.4 is 5.32 Å². The van der Waals surface area contributed by atoms with Gasteiger partial charge in [-0.2, -0.15) is 5.10 Å². The Hall–Kier alpha value is -3.01. The van der Waals surface area contributed by atoms with Crippen molar-refractivity contribution in [2.24, 2.45) is 0 Å². The normalized spacial score (nSPS) is 11.1. The highest BCUT2D eigenvalue weighted by Gasteiger charge is 2.20. The van der Waals surface area contributed by atoms with Crippen LogP contribution in [0.4, 0.5) is 5.69 Å². The molecule has 0 aliphatic rings. The molecule has 0 bridgehead atoms. The largest absolute Gasteiger partial charge is 0.337 e. The molecule has 0 spiro atoms. The fourth-order valence-electron chi connectivity index (χ4n) is 3.30. The summed E-state index contributed by atoms with van der Waals surface area (Å²) >= 11 is 13.2. The van der Waals surface area contributed by atoms with E-state index < -0.39 is 0 Å². The van der Waals surface area contributed by atoms with E-state index in [-0.39, 0.29) is 5.91 Å². The van der Waals surface area contributed by atoms with E-state index in [2.05, 4.69) is 52.2 Å². The van der Waals surface area contributed by atoms with Gasteiger partial charge < -0.3 is 10.3 Å². The number of benzene rings is 2. The molecule has 0 radical (unpaired) electrons. The number of H-pyrrole nitrogens is 1. The van der Waals surface area contributed by atoms with Crippen molar-refractivity contribution in [3.8, 4) is 17.3 Å². The van der Waals surface area contributed by atoms with Gasteiger partial charge >= 0.3 is 0 Å². The topological polar surface area (TPSA) is 88.5 Å². The maximum Gasteiger partial charge on any atom is 0.257 e. The summed E-state index contributed by atoms with van der Waals surface area (Å²) in [5.74, 6) is 0.742. The Balaban J connectivity index is 1.59. The summed E-state index contributed by atoms with van der Waals surface area (Å²) < 4.78 is 3.00. The summed E-state index contributed by atoms with van der Waals surface area (Å²) in [6.45, 7) is 0. The molecular formula is C22H13Br2ClN6O. The molecule has 0 saturated carbocycles. The number of imidazole rings is 1. The molecule has 5 rings (SSSR count). The second kappa shape index (κ2) is 8.50. The Morgan fingerprint density at radius 3 is 2.72 bits per heavy atom. The molecule has 1 amide bonds. The van der Waals surface area contributed by atoms with Crippen molar-refractivity contribution < 1.29 is 4.79 Å². The molecule has 0 aliphatic heterocycles. The lowest BCUT2D eigenvalue weighted by Gasteiger charge is -2.07. The zero-order valence-electron chi connectivity index (χ0n) is 16.2. The number of aromatic nitrogens is 5. The van der Waals surface area contributed by atoms with Gasteiger partial charge in [-0.3, -0.25) is 4.79 Å². The Morgan fingerprint density at radius 2 is 1.91 bits per heavy atom. The van der Waals surface area contributed by atoms with Gasteiger partial charge in [-0.25, -0.2) is 14.6 Å². The monoisotopic (exact) mass is 570 g/mol. The minimum absolute atomic E-state index is 0.261. The molecule has 7 nitrogen and oxygen atoms in total. The van der Waals surface area contributed by atoms with E-state index in [1.807, 2.05) is 42.5 Å². The van der Waals surface area contributed by atoms with Crippen LogP contribution in [0.5, 0.6) is 0 Å². The number of aromatic amines is 1. The minimum Gasteiger partial charge on any atom is -0.337 e. The van der Waals surface area contributed by atoms with Crippen molar-refractivity contribution in [2.75, 3.05) is 5.32 Å². The second-order valence-electron chi connectivity index (χ2n) is 6.79. The number of carbonyl (C=O) groups excluding carboxylic acids is 1. The van der Waals surface area contributed by atoms with Crippen LogP contribution in [-0.4, -0.2) is 30.6 Å². The van der Waals surface area contributed by atoms with E-state index in [0.717, 1.165) is 9.99 Å². The predicted molar refractivity (Wildman–Crippen MR) is 131 cm³/mol. The Bertz CT molecular complexity index is 1480. The Labute approximate surface area is 204 Å². The van der Waals surface area contributed by atoms with Crippen LogP contribution in [-0.2, 0) is 0 Å². The van der Waals surface area contributed by atoms with Crippen molar-refractivity contribution in [1.82, 2.24) is 24.7 Å². The Kier molecular flexibility index (Phi) is 5.54. The highest BCUT2D eigenvalue weighted by molar-refractivity contribution is 9.10. The lowest BCUT2D eigenvalue weighted by molar-refractivity contribution is 0.102. The van der Waals surface area contributed by atoms with Crippen molar-refractivity contribution in [3.63, 3.8) is 0 Å². The van der Waals surface area contributed by atoms with Gasteiger partial charge in [0.1, 0.15) is 15.8 Å². The number of hydrogen-bond donors (Lipinski definition) is 2. The zero-order chi connectivity index (χ0) is 22.2. The van der Waals surface area contributed by atoms with Gasteiger partial charge in [0.15, 0.2) is 11.6 Å². The molecule has 0 atom stereocenters. The van der Waals surface area contributed by atoms with Gasteiger partial charge in [0.25, 0.3) is 5.91 Å². The number of para-hydroxylation sites is 2. The first-order valence-corrected chi connectivity index (χ1v) is 11.4. The number of nitrogens with one attached hydrogen (secondary N) is 2. The number of rotatable bonds is 4. The SMILES string of the molecule is O=C(Nc1ccccc1Br)c1cccc2[nH]c(-c3cc(Br)nn3-c3ncccc3Cl)nc12. The van der Waals surface area contributed by atoms with Crippen LogP contribution in [0, 0.1) is 0 Å². The molecule has 3 heterocycles. The molecule has 2 aromatic carbocycles. The number of halogens is 3. The van der Waals surface area contributed by atoms with Crippen LogP contribution in [0.2, 0.25) is 5.02 Å². The van der Waals surface area contributed by atoms with E-state index >= 15 is 0 Å². The summed E-state index contributed by atoms with van der Waals surface area (Å²) in [4.78, 5) is 25.4. The number of nitrogens with zero attached hydrogens (tertiary/aromatic N) is 4. The summed E-state index contributed by atoms with van der Waals surface area (Å²) in [7, 11) is 0. The number of hydrogen-bond acceptors (Lipinski definition) is 4. The van der Waals surface area contributed by atoms with Gasteiger partial charge in [0.05, 0.1) is 21.8 Å². The molecule has 0 fully saturated rings. The van der Waals surface area contributed by atoms with Crippen molar-refractivity contribution in [1.29, 1.82) is 0 Å². The van der Waals surface area contributed by atoms with Crippen LogP contribution in [0.15, 0.2) is 75.9 Å². The van der Waals surface area contributed by atoms with Gasteiger partial charge in [-0.15, -0.1) is 0 Å². The van der Waals surface area contributed by atoms with Gasteiger partial charge in [-0.1, -0.05) is 29.8 Å². The van der Waals surface area contributed by atoms with E-state index in [9.17, 15) is 4.79 Å². The molecular weight excluding hydrogens is 560 g/mol. The smallest absolute Gasteiger partial charge is 0.257 e. The molecule has 10 heteroatoms. The minimum atomic E-state index is -0.261. The second-order valence-corrected chi connectivity index (χ2v) is 8.87. The third-order valence-electron chi connectivity index (χ3n) is 4.74. The first-order valence-electron chi connectivity index (χ1n) is 9.42. The number of amides is 1. The van der Waals surface area contributed by atoms with Gasteiger partial charge in [0.2, 0.25) is 0 Å². The molecule has 0 saturated heterocycles. The van der Waals surface area contributed by atoms with E-state index in [1.165, 1.54) is 0 Å². The van der Waals surface area contributed by atoms with Gasteiger partial charge in [0, 0.05) is 16.7 Å². The number of anilines is 1.